The fourth-order valence-corrected chi connectivity index (χ4v) is 3.09. The molecule has 0 radical (unpaired) electrons. The maximum absolute atomic E-state index is 13.0. The van der Waals surface area contributed by atoms with Crippen molar-refractivity contribution in [2.45, 2.75) is 83.0 Å². The van der Waals surface area contributed by atoms with Crippen molar-refractivity contribution in [3.8, 4) is 0 Å². The van der Waals surface area contributed by atoms with E-state index in [2.05, 4.69) is 16.0 Å². The first-order valence-corrected chi connectivity index (χ1v) is 11.5. The van der Waals surface area contributed by atoms with Crippen LogP contribution in [0, 0.1) is 5.92 Å². The summed E-state index contributed by atoms with van der Waals surface area (Å²) in [6.45, 7) is 3.98. The highest BCUT2D eigenvalue weighted by Gasteiger charge is 2.32. The van der Waals surface area contributed by atoms with Crippen molar-refractivity contribution in [3.63, 3.8) is 0 Å². The molecule has 0 rings (SSSR count). The van der Waals surface area contributed by atoms with Crippen molar-refractivity contribution in [1.82, 2.24) is 16.0 Å². The number of rotatable bonds is 18. The molecular weight excluding hydrogens is 462 g/mol. The Bertz CT molecular complexity index is 762. The van der Waals surface area contributed by atoms with E-state index < -0.39 is 66.1 Å². The molecule has 5 unspecified atom stereocenters. The van der Waals surface area contributed by atoms with Crippen molar-refractivity contribution >= 4 is 35.5 Å². The average molecular weight is 502 g/mol. The summed E-state index contributed by atoms with van der Waals surface area (Å²) in [6, 6.07) is -4.92. The number of primary amides is 2. The van der Waals surface area contributed by atoms with Gasteiger partial charge in [0, 0.05) is 6.42 Å². The van der Waals surface area contributed by atoms with Gasteiger partial charge < -0.3 is 44.0 Å². The maximum atomic E-state index is 13.0. The highest BCUT2D eigenvalue weighted by molar-refractivity contribution is 5.95. The van der Waals surface area contributed by atoms with Gasteiger partial charge in [0.2, 0.25) is 29.5 Å². The minimum Gasteiger partial charge on any atom is -0.480 e. The number of carbonyl (C=O) groups is 6. The van der Waals surface area contributed by atoms with Crippen molar-refractivity contribution in [1.29, 1.82) is 0 Å². The molecule has 0 fully saturated rings. The second-order valence-corrected chi connectivity index (χ2v) is 8.40. The van der Waals surface area contributed by atoms with Crippen LogP contribution < -0.4 is 38.9 Å². The number of nitrogens with two attached hydrogens (primary N) is 4. The smallest absolute Gasteiger partial charge is 0.326 e. The molecule has 12 N–H and O–H groups in total. The van der Waals surface area contributed by atoms with Crippen LogP contribution in [0.3, 0.4) is 0 Å². The molecule has 0 bridgehead atoms. The second-order valence-electron chi connectivity index (χ2n) is 8.40. The summed E-state index contributed by atoms with van der Waals surface area (Å²) in [5.41, 5.74) is 21.5. The van der Waals surface area contributed by atoms with Crippen LogP contribution in [-0.2, 0) is 28.8 Å². The second kappa shape index (κ2) is 16.4. The molecule has 0 saturated carbocycles. The van der Waals surface area contributed by atoms with Gasteiger partial charge in [-0.15, -0.1) is 0 Å². The molecule has 35 heavy (non-hydrogen) atoms. The van der Waals surface area contributed by atoms with Crippen molar-refractivity contribution in [3.05, 3.63) is 0 Å². The standard InChI is InChI=1S/C21H39N7O7/c1-3-11(2)17(28-18(31)12(23)6-4-5-9-22)20(33)26-13(7-8-15(24)29)19(32)27-14(21(34)35)10-16(25)30/h11-14,17H,3-10,22-23H2,1-2H3,(H2,24,29)(H2,25,30)(H,26,33)(H,27,32)(H,28,31)(H,34,35). The van der Waals surface area contributed by atoms with Crippen LogP contribution >= 0.6 is 0 Å². The fraction of sp³-hybridized carbons (Fsp3) is 0.714. The van der Waals surface area contributed by atoms with Gasteiger partial charge in [-0.05, 0) is 31.7 Å². The number of carboxylic acids is 1. The number of carbonyl (C=O) groups excluding carboxylic acids is 5. The highest BCUT2D eigenvalue weighted by atomic mass is 16.4. The predicted octanol–water partition coefficient (Wildman–Crippen LogP) is -2.83. The summed E-state index contributed by atoms with van der Waals surface area (Å²) < 4.78 is 0. The first-order chi connectivity index (χ1) is 16.3. The number of unbranched alkanes of at least 4 members (excludes halogenated alkanes) is 1. The molecule has 0 aromatic rings. The van der Waals surface area contributed by atoms with Crippen LogP contribution in [0.15, 0.2) is 0 Å². The van der Waals surface area contributed by atoms with Gasteiger partial charge in [-0.3, -0.25) is 24.0 Å². The Labute approximate surface area is 204 Å². The molecule has 0 aromatic carbocycles. The lowest BCUT2D eigenvalue weighted by Crippen LogP contribution is -2.58. The van der Waals surface area contributed by atoms with Crippen LogP contribution in [0.2, 0.25) is 0 Å². The Kier molecular flexibility index (Phi) is 14.9. The molecule has 0 saturated heterocycles. The zero-order chi connectivity index (χ0) is 27.1. The van der Waals surface area contributed by atoms with Crippen LogP contribution in [0.25, 0.3) is 0 Å². The SMILES string of the molecule is CCC(C)C(NC(=O)C(N)CCCCN)C(=O)NC(CCC(N)=O)C(=O)NC(CC(N)=O)C(=O)O. The molecule has 14 nitrogen and oxygen atoms in total. The Morgan fingerprint density at radius 1 is 0.829 bits per heavy atom. The van der Waals surface area contributed by atoms with Crippen LogP contribution in [0.5, 0.6) is 0 Å². The monoisotopic (exact) mass is 501 g/mol. The first kappa shape index (κ1) is 31.7. The third-order valence-corrected chi connectivity index (χ3v) is 5.43. The van der Waals surface area contributed by atoms with Gasteiger partial charge in [0.25, 0.3) is 0 Å². The fourth-order valence-electron chi connectivity index (χ4n) is 3.09. The van der Waals surface area contributed by atoms with Crippen molar-refractivity contribution in [2.24, 2.45) is 28.9 Å². The molecule has 0 aliphatic rings. The number of hydrogen-bond acceptors (Lipinski definition) is 8. The van der Waals surface area contributed by atoms with Crippen LogP contribution in [-0.4, -0.2) is 71.3 Å². The van der Waals surface area contributed by atoms with Gasteiger partial charge >= 0.3 is 5.97 Å². The van der Waals surface area contributed by atoms with Gasteiger partial charge in [-0.1, -0.05) is 26.7 Å². The lowest BCUT2D eigenvalue weighted by molar-refractivity contribution is -0.144. The van der Waals surface area contributed by atoms with E-state index in [1.807, 2.05) is 0 Å². The normalized spacial score (nSPS) is 15.1. The van der Waals surface area contributed by atoms with E-state index in [4.69, 9.17) is 22.9 Å². The Morgan fingerprint density at radius 3 is 1.91 bits per heavy atom. The van der Waals surface area contributed by atoms with E-state index in [0.29, 0.717) is 32.2 Å². The largest absolute Gasteiger partial charge is 0.480 e. The number of hydrogen-bond donors (Lipinski definition) is 8. The zero-order valence-electron chi connectivity index (χ0n) is 20.2. The zero-order valence-corrected chi connectivity index (χ0v) is 20.2. The molecular formula is C21H39N7O7. The lowest BCUT2D eigenvalue weighted by atomic mass is 9.96. The molecule has 5 amide bonds. The molecule has 200 valence electrons. The van der Waals surface area contributed by atoms with Crippen LogP contribution in [0.1, 0.15) is 58.8 Å². The molecule has 0 heterocycles. The van der Waals surface area contributed by atoms with E-state index >= 15 is 0 Å². The van der Waals surface area contributed by atoms with Gasteiger partial charge in [0.15, 0.2) is 0 Å². The van der Waals surface area contributed by atoms with E-state index in [1.54, 1.807) is 13.8 Å². The quantitative estimate of drug-likeness (QED) is 0.0898. The Morgan fingerprint density at radius 2 is 1.43 bits per heavy atom. The lowest BCUT2D eigenvalue weighted by Gasteiger charge is -2.28. The third kappa shape index (κ3) is 12.7. The molecule has 14 heteroatoms. The predicted molar refractivity (Wildman–Crippen MR) is 126 cm³/mol. The van der Waals surface area contributed by atoms with E-state index in [-0.39, 0.29) is 18.8 Å². The Hall–Kier alpha value is -3.26. The van der Waals surface area contributed by atoms with Gasteiger partial charge in [0.1, 0.15) is 18.1 Å². The summed E-state index contributed by atoms with van der Waals surface area (Å²) in [5, 5.41) is 16.4. The number of carboxylic acid groups (broad SMARTS) is 1. The summed E-state index contributed by atoms with van der Waals surface area (Å²) in [4.78, 5) is 72.0. The minimum absolute atomic E-state index is 0.240. The number of aliphatic carboxylic acids is 1. The summed E-state index contributed by atoms with van der Waals surface area (Å²) in [6.07, 6.45) is 0.992. The summed E-state index contributed by atoms with van der Waals surface area (Å²) >= 11 is 0. The number of nitrogens with one attached hydrogen (secondary N) is 3. The van der Waals surface area contributed by atoms with Crippen molar-refractivity contribution < 1.29 is 33.9 Å². The summed E-state index contributed by atoms with van der Waals surface area (Å²) in [5.74, 6) is -5.80. The molecule has 0 aliphatic carbocycles. The first-order valence-electron chi connectivity index (χ1n) is 11.5. The molecule has 0 aliphatic heterocycles. The maximum Gasteiger partial charge on any atom is 0.326 e. The third-order valence-electron chi connectivity index (χ3n) is 5.43. The molecule has 0 aromatic heterocycles. The molecule has 5 atom stereocenters. The van der Waals surface area contributed by atoms with Crippen LogP contribution in [0.4, 0.5) is 0 Å². The van der Waals surface area contributed by atoms with E-state index in [9.17, 15) is 33.9 Å². The van der Waals surface area contributed by atoms with Gasteiger partial charge in [-0.2, -0.15) is 0 Å². The topological polar surface area (TPSA) is 263 Å². The summed E-state index contributed by atoms with van der Waals surface area (Å²) in [7, 11) is 0. The van der Waals surface area contributed by atoms with E-state index in [0.717, 1.165) is 0 Å². The van der Waals surface area contributed by atoms with E-state index in [1.165, 1.54) is 0 Å². The average Bonchev–Trinajstić information content (AvgIpc) is 2.78. The highest BCUT2D eigenvalue weighted by Crippen LogP contribution is 2.11. The minimum atomic E-state index is -1.63. The Balaban J connectivity index is 5.57. The van der Waals surface area contributed by atoms with Gasteiger partial charge in [-0.25, -0.2) is 4.79 Å². The molecule has 0 spiro atoms. The number of amides is 5. The van der Waals surface area contributed by atoms with Crippen molar-refractivity contribution in [2.75, 3.05) is 6.54 Å². The van der Waals surface area contributed by atoms with Gasteiger partial charge in [0.05, 0.1) is 12.5 Å².